The van der Waals surface area contributed by atoms with Gasteiger partial charge in [0.05, 0.1) is 19.2 Å². The molecule has 0 saturated carbocycles. The molecule has 0 amide bonds. The number of nitrogens with two attached hydrogens (primary N) is 1. The van der Waals surface area contributed by atoms with Crippen molar-refractivity contribution in [2.24, 2.45) is 0 Å². The van der Waals surface area contributed by atoms with E-state index in [1.165, 1.54) is 6.33 Å². The number of nitrogen functional groups attached to an aromatic ring is 1. The van der Waals surface area contributed by atoms with Gasteiger partial charge in [0.25, 0.3) is 10.1 Å². The molecule has 3 N–H and O–H groups in total. The molecule has 0 aliphatic carbocycles. The first-order valence-corrected chi connectivity index (χ1v) is 10.3. The van der Waals surface area contributed by atoms with Crippen LogP contribution in [0.4, 0.5) is 5.95 Å². The molecule has 2 aliphatic heterocycles. The molecule has 4 atom stereocenters. The number of anilines is 1. The topological polar surface area (TPSA) is 144 Å². The van der Waals surface area contributed by atoms with Crippen molar-refractivity contribution >= 4 is 39.4 Å². The lowest BCUT2D eigenvalue weighted by Crippen LogP contribution is -2.50. The summed E-state index contributed by atoms with van der Waals surface area (Å²) in [5.41, 5.74) is 6.61. The predicted molar refractivity (Wildman–Crippen MR) is 95.7 cm³/mol. The minimum Gasteiger partial charge on any atom is -0.369 e. The fourth-order valence-electron chi connectivity index (χ4n) is 3.30. The summed E-state index contributed by atoms with van der Waals surface area (Å²) in [6.45, 7) is 3.71. The Labute approximate surface area is 159 Å². The Morgan fingerprint density at radius 3 is 2.93 bits per heavy atom. The molecule has 2 aliphatic rings. The molecule has 4 rings (SSSR count). The first-order chi connectivity index (χ1) is 12.5. The van der Waals surface area contributed by atoms with Crippen LogP contribution >= 0.6 is 12.2 Å². The predicted octanol–water partition coefficient (Wildman–Crippen LogP) is 0.465. The molecule has 0 unspecified atom stereocenters. The third kappa shape index (κ3) is 3.46. The minimum absolute atomic E-state index is 0.103. The van der Waals surface area contributed by atoms with Crippen LogP contribution in [-0.2, 0) is 28.5 Å². The zero-order valence-electron chi connectivity index (χ0n) is 14.8. The van der Waals surface area contributed by atoms with Crippen molar-refractivity contribution in [2.45, 2.75) is 44.2 Å². The largest absolute Gasteiger partial charge is 0.369 e. The molecule has 11 nitrogen and oxygen atoms in total. The molecule has 2 aromatic heterocycles. The second-order valence-electron chi connectivity index (χ2n) is 6.90. The van der Waals surface area contributed by atoms with Gasteiger partial charge in [-0.25, -0.2) is 9.97 Å². The van der Waals surface area contributed by atoms with Gasteiger partial charge in [0, 0.05) is 0 Å². The van der Waals surface area contributed by atoms with Gasteiger partial charge in [-0.3, -0.25) is 8.75 Å². The molecule has 2 aromatic rings. The van der Waals surface area contributed by atoms with E-state index in [2.05, 4.69) is 15.0 Å². The third-order valence-electron chi connectivity index (χ3n) is 4.33. The molecular weight excluding hydrogens is 398 g/mol. The highest BCUT2D eigenvalue weighted by molar-refractivity contribution is 7.86. The summed E-state index contributed by atoms with van der Waals surface area (Å²) in [5, 5.41) is 0. The van der Waals surface area contributed by atoms with Gasteiger partial charge in [0.2, 0.25) is 0 Å². The highest BCUT2D eigenvalue weighted by atomic mass is 32.2. The van der Waals surface area contributed by atoms with Gasteiger partial charge in [-0.1, -0.05) is 12.2 Å². The van der Waals surface area contributed by atoms with Crippen LogP contribution in [0, 0.1) is 4.64 Å². The van der Waals surface area contributed by atoms with Crippen molar-refractivity contribution in [3.05, 3.63) is 11.0 Å². The zero-order valence-corrected chi connectivity index (χ0v) is 16.4. The van der Waals surface area contributed by atoms with Gasteiger partial charge in [0.15, 0.2) is 28.7 Å². The number of ether oxygens (including phenoxy) is 3. The van der Waals surface area contributed by atoms with Crippen molar-refractivity contribution in [3.63, 3.8) is 0 Å². The van der Waals surface area contributed by atoms with Crippen molar-refractivity contribution in [1.82, 2.24) is 19.5 Å². The first kappa shape index (κ1) is 18.7. The smallest absolute Gasteiger partial charge is 0.264 e. The number of H-pyrrole nitrogens is 1. The molecule has 0 bridgehead atoms. The summed E-state index contributed by atoms with van der Waals surface area (Å²) >= 11 is 5.18. The molecule has 13 heteroatoms. The monoisotopic (exact) mass is 417 g/mol. The zero-order chi connectivity index (χ0) is 19.6. The van der Waals surface area contributed by atoms with Gasteiger partial charge in [-0.2, -0.15) is 8.42 Å². The molecule has 2 fully saturated rings. The van der Waals surface area contributed by atoms with Crippen molar-refractivity contribution in [3.8, 4) is 0 Å². The Bertz CT molecular complexity index is 1050. The number of nitrogens with zero attached hydrogens (tertiary/aromatic N) is 3. The van der Waals surface area contributed by atoms with Crippen molar-refractivity contribution in [1.29, 1.82) is 0 Å². The maximum Gasteiger partial charge on any atom is 0.264 e. The van der Waals surface area contributed by atoms with E-state index in [0.717, 1.165) is 6.26 Å². The SMILES string of the molecule is CC1(C)OC[C@H]2O[C@@H](n3cnc4c(=S)nc(N)[nH]c43)[C@@H](OS(C)(=O)=O)[C@@H]2O1. The van der Waals surface area contributed by atoms with Gasteiger partial charge in [-0.05, 0) is 13.8 Å². The van der Waals surface area contributed by atoms with E-state index >= 15 is 0 Å². The van der Waals surface area contributed by atoms with Gasteiger partial charge in [0.1, 0.15) is 23.4 Å². The second kappa shape index (κ2) is 6.18. The number of hydrogen-bond acceptors (Lipinski definition) is 10. The summed E-state index contributed by atoms with van der Waals surface area (Å²) < 4.78 is 48.4. The number of aromatic nitrogens is 4. The fraction of sp³-hybridized carbons (Fsp3) is 0.643. The van der Waals surface area contributed by atoms with Crippen LogP contribution in [0.15, 0.2) is 6.33 Å². The number of hydrogen-bond donors (Lipinski definition) is 2. The molecule has 4 heterocycles. The Morgan fingerprint density at radius 1 is 1.48 bits per heavy atom. The Kier molecular flexibility index (Phi) is 4.29. The summed E-state index contributed by atoms with van der Waals surface area (Å²) in [7, 11) is -3.79. The van der Waals surface area contributed by atoms with E-state index in [9.17, 15) is 8.42 Å². The molecule has 27 heavy (non-hydrogen) atoms. The van der Waals surface area contributed by atoms with Gasteiger partial charge >= 0.3 is 0 Å². The lowest BCUT2D eigenvalue weighted by Gasteiger charge is -2.38. The van der Waals surface area contributed by atoms with E-state index in [1.807, 2.05) is 0 Å². The Morgan fingerprint density at radius 2 is 2.22 bits per heavy atom. The van der Waals surface area contributed by atoms with E-state index in [4.69, 9.17) is 36.3 Å². The van der Waals surface area contributed by atoms with Crippen molar-refractivity contribution in [2.75, 3.05) is 18.6 Å². The highest BCUT2D eigenvalue weighted by Gasteiger charge is 2.54. The Balaban J connectivity index is 1.80. The molecule has 148 valence electrons. The Hall–Kier alpha value is -1.64. The van der Waals surface area contributed by atoms with Crippen LogP contribution in [0.1, 0.15) is 20.1 Å². The lowest BCUT2D eigenvalue weighted by molar-refractivity contribution is -0.299. The summed E-state index contributed by atoms with van der Waals surface area (Å²) in [6.07, 6.45) is -0.553. The molecule has 2 saturated heterocycles. The van der Waals surface area contributed by atoms with Crippen LogP contribution in [-0.4, -0.2) is 64.9 Å². The number of fused-ring (bicyclic) bond motifs is 2. The first-order valence-electron chi connectivity index (χ1n) is 8.12. The normalized spacial score (nSPS) is 30.5. The van der Waals surface area contributed by atoms with Crippen LogP contribution in [0.5, 0.6) is 0 Å². The third-order valence-corrected chi connectivity index (χ3v) is 5.18. The standard InChI is InChI=1S/C14H19N5O6S2/c1-14(2)22-4-6-8(24-14)9(25-27(3,20)21)12(23-6)19-5-16-7-10(19)17-13(15)18-11(7)26/h5-6,8-9,12H,4H2,1-3H3,(H3,15,17,18,26)/t6-,8-,9+,12-/m1/s1. The summed E-state index contributed by atoms with van der Waals surface area (Å²) in [4.78, 5) is 11.1. The number of aromatic amines is 1. The number of rotatable bonds is 3. The quantitative estimate of drug-likeness (QED) is 0.534. The van der Waals surface area contributed by atoms with Gasteiger partial charge < -0.3 is 24.9 Å². The maximum atomic E-state index is 11.9. The lowest BCUT2D eigenvalue weighted by atomic mass is 10.1. The number of imidazole rings is 1. The molecule has 0 aromatic carbocycles. The fourth-order valence-corrected chi connectivity index (χ4v) is 4.16. The molecule has 0 spiro atoms. The van der Waals surface area contributed by atoms with E-state index in [1.54, 1.807) is 18.4 Å². The van der Waals surface area contributed by atoms with Crippen LogP contribution in [0.3, 0.4) is 0 Å². The highest BCUT2D eigenvalue weighted by Crippen LogP contribution is 2.40. The van der Waals surface area contributed by atoms with Crippen LogP contribution in [0.2, 0.25) is 0 Å². The minimum atomic E-state index is -3.79. The maximum absolute atomic E-state index is 11.9. The van der Waals surface area contributed by atoms with Crippen molar-refractivity contribution < 1.29 is 26.8 Å². The number of nitrogens with one attached hydrogen (secondary N) is 1. The van der Waals surface area contributed by atoms with Crippen LogP contribution < -0.4 is 5.73 Å². The van der Waals surface area contributed by atoms with Gasteiger partial charge in [-0.15, -0.1) is 0 Å². The van der Waals surface area contributed by atoms with E-state index in [-0.39, 0.29) is 17.2 Å². The van der Waals surface area contributed by atoms with Crippen LogP contribution in [0.25, 0.3) is 11.2 Å². The summed E-state index contributed by atoms with van der Waals surface area (Å²) in [5.74, 6) is -0.796. The van der Waals surface area contributed by atoms with E-state index < -0.39 is 40.4 Å². The summed E-state index contributed by atoms with van der Waals surface area (Å²) in [6, 6.07) is 0. The average Bonchev–Trinajstić information content (AvgIpc) is 3.07. The average molecular weight is 417 g/mol. The molecular formula is C14H19N5O6S2. The second-order valence-corrected chi connectivity index (χ2v) is 8.89. The van der Waals surface area contributed by atoms with E-state index in [0.29, 0.717) is 11.2 Å². The molecule has 0 radical (unpaired) electrons.